The number of nitriles is 1. The van der Waals surface area contributed by atoms with Crippen molar-refractivity contribution < 1.29 is 9.62 Å². The highest BCUT2D eigenvalue weighted by Gasteiger charge is 2.08. The van der Waals surface area contributed by atoms with E-state index < -0.39 is 0 Å². The second kappa shape index (κ2) is 3.31. The largest absolute Gasteiger partial charge is 0.463 e. The number of hydrogen-bond acceptors (Lipinski definition) is 5. The summed E-state index contributed by atoms with van der Waals surface area (Å²) in [5.74, 6) is 0.425. The van der Waals surface area contributed by atoms with Gasteiger partial charge in [-0.15, -0.1) is 0 Å². The monoisotopic (exact) mass is 202 g/mol. The molecule has 2 rings (SSSR count). The van der Waals surface area contributed by atoms with Crippen LogP contribution in [0.3, 0.4) is 0 Å². The van der Waals surface area contributed by atoms with Gasteiger partial charge in [0.15, 0.2) is 16.9 Å². The predicted molar refractivity (Wildman–Crippen MR) is 47.7 cm³/mol. The van der Waals surface area contributed by atoms with E-state index in [9.17, 15) is 5.21 Å². The fourth-order valence-corrected chi connectivity index (χ4v) is 1.11. The number of rotatable bonds is 1. The molecule has 0 saturated heterocycles. The molecular weight excluding hydrogens is 196 g/mol. The molecule has 0 atom stereocenters. The van der Waals surface area contributed by atoms with Gasteiger partial charge in [-0.1, -0.05) is 0 Å². The number of nitrogens with one attached hydrogen (secondary N) is 1. The second-order valence-electron chi connectivity index (χ2n) is 2.76. The third-order valence-corrected chi connectivity index (χ3v) is 1.81. The molecule has 0 aliphatic heterocycles. The molecule has 0 aliphatic carbocycles. The first kappa shape index (κ1) is 9.02. The van der Waals surface area contributed by atoms with Gasteiger partial charge in [0.1, 0.15) is 11.8 Å². The summed E-state index contributed by atoms with van der Waals surface area (Å²) in [6.45, 7) is 0. The SMILES string of the molecule is N#Cc1nc(-c2ccco2)cn(O)c1=N. The van der Waals surface area contributed by atoms with Crippen molar-refractivity contribution in [2.45, 2.75) is 0 Å². The molecule has 74 valence electrons. The van der Waals surface area contributed by atoms with Crippen molar-refractivity contribution in [1.29, 1.82) is 10.7 Å². The molecule has 0 radical (unpaired) electrons. The van der Waals surface area contributed by atoms with Crippen LogP contribution in [-0.4, -0.2) is 14.9 Å². The zero-order valence-corrected chi connectivity index (χ0v) is 7.51. The molecule has 0 unspecified atom stereocenters. The van der Waals surface area contributed by atoms with Crippen LogP contribution in [0.2, 0.25) is 0 Å². The number of hydrogen-bond donors (Lipinski definition) is 2. The Labute approximate surface area is 84.1 Å². The van der Waals surface area contributed by atoms with Gasteiger partial charge in [-0.2, -0.15) is 9.99 Å². The topological polar surface area (TPSA) is 98.8 Å². The summed E-state index contributed by atoms with van der Waals surface area (Å²) in [7, 11) is 0. The average molecular weight is 202 g/mol. The van der Waals surface area contributed by atoms with Crippen LogP contribution in [0.1, 0.15) is 5.69 Å². The van der Waals surface area contributed by atoms with E-state index in [1.807, 2.05) is 0 Å². The fourth-order valence-electron chi connectivity index (χ4n) is 1.11. The van der Waals surface area contributed by atoms with Gasteiger partial charge in [0.05, 0.1) is 12.5 Å². The molecule has 0 saturated carbocycles. The number of nitrogens with zero attached hydrogens (tertiary/aromatic N) is 3. The Morgan fingerprint density at radius 3 is 3.00 bits per heavy atom. The summed E-state index contributed by atoms with van der Waals surface area (Å²) in [5.41, 5.74) is -0.214. The highest BCUT2D eigenvalue weighted by molar-refractivity contribution is 5.50. The van der Waals surface area contributed by atoms with E-state index >= 15 is 0 Å². The smallest absolute Gasteiger partial charge is 0.197 e. The summed E-state index contributed by atoms with van der Waals surface area (Å²) in [6, 6.07) is 5.03. The van der Waals surface area contributed by atoms with E-state index in [1.165, 1.54) is 12.5 Å². The van der Waals surface area contributed by atoms with Crippen LogP contribution in [0, 0.1) is 16.7 Å². The molecule has 2 aromatic rings. The van der Waals surface area contributed by atoms with Gasteiger partial charge in [-0.3, -0.25) is 5.41 Å². The number of aromatic nitrogens is 2. The highest BCUT2D eigenvalue weighted by atomic mass is 16.5. The number of furan rings is 1. The van der Waals surface area contributed by atoms with Crippen molar-refractivity contribution in [2.75, 3.05) is 0 Å². The maximum atomic E-state index is 9.31. The summed E-state index contributed by atoms with van der Waals surface area (Å²) in [6.07, 6.45) is 2.67. The minimum Gasteiger partial charge on any atom is -0.463 e. The predicted octanol–water partition coefficient (Wildman–Crippen LogP) is 0.732. The zero-order chi connectivity index (χ0) is 10.8. The Morgan fingerprint density at radius 1 is 1.60 bits per heavy atom. The van der Waals surface area contributed by atoms with Gasteiger partial charge in [0.2, 0.25) is 0 Å². The summed E-state index contributed by atoms with van der Waals surface area (Å²) in [4.78, 5) is 3.87. The molecule has 0 amide bonds. The maximum absolute atomic E-state index is 9.31. The molecule has 0 aromatic carbocycles. The second-order valence-corrected chi connectivity index (χ2v) is 2.76. The first-order valence-electron chi connectivity index (χ1n) is 4.04. The van der Waals surface area contributed by atoms with Crippen molar-refractivity contribution in [3.63, 3.8) is 0 Å². The quantitative estimate of drug-likeness (QED) is 0.666. The van der Waals surface area contributed by atoms with Crippen LogP contribution in [0.25, 0.3) is 11.5 Å². The van der Waals surface area contributed by atoms with Crippen LogP contribution in [-0.2, 0) is 0 Å². The normalized spacial score (nSPS) is 9.80. The lowest BCUT2D eigenvalue weighted by atomic mass is 10.3. The molecule has 0 fully saturated rings. The maximum Gasteiger partial charge on any atom is 0.197 e. The van der Waals surface area contributed by atoms with Crippen molar-refractivity contribution >= 4 is 0 Å². The van der Waals surface area contributed by atoms with Gasteiger partial charge < -0.3 is 9.62 Å². The van der Waals surface area contributed by atoms with Crippen LogP contribution in [0.4, 0.5) is 0 Å². The van der Waals surface area contributed by atoms with Crippen molar-refractivity contribution in [3.05, 3.63) is 35.8 Å². The van der Waals surface area contributed by atoms with E-state index in [1.54, 1.807) is 18.2 Å². The van der Waals surface area contributed by atoms with Crippen molar-refractivity contribution in [2.24, 2.45) is 0 Å². The van der Waals surface area contributed by atoms with Crippen LogP contribution < -0.4 is 5.49 Å². The molecule has 0 aliphatic rings. The fraction of sp³-hybridized carbons (Fsp3) is 0. The molecular formula is C9H6N4O2. The Kier molecular flexibility index (Phi) is 1.99. The first-order chi connectivity index (χ1) is 7.22. The lowest BCUT2D eigenvalue weighted by Crippen LogP contribution is -2.22. The lowest BCUT2D eigenvalue weighted by Gasteiger charge is -2.01. The van der Waals surface area contributed by atoms with Gasteiger partial charge in [-0.25, -0.2) is 4.98 Å². The molecule has 15 heavy (non-hydrogen) atoms. The molecule has 0 bridgehead atoms. The van der Waals surface area contributed by atoms with Gasteiger partial charge >= 0.3 is 0 Å². The van der Waals surface area contributed by atoms with E-state index in [0.29, 0.717) is 16.2 Å². The molecule has 2 aromatic heterocycles. The van der Waals surface area contributed by atoms with E-state index in [2.05, 4.69) is 4.98 Å². The van der Waals surface area contributed by atoms with Gasteiger partial charge in [0.25, 0.3) is 0 Å². The molecule has 0 spiro atoms. The Hall–Kier alpha value is -2.55. The van der Waals surface area contributed by atoms with Crippen LogP contribution >= 0.6 is 0 Å². The average Bonchev–Trinajstić information content (AvgIpc) is 2.75. The minimum absolute atomic E-state index is 0.161. The molecule has 6 nitrogen and oxygen atoms in total. The summed E-state index contributed by atoms with van der Waals surface area (Å²) >= 11 is 0. The van der Waals surface area contributed by atoms with E-state index in [0.717, 1.165) is 0 Å². The Bertz CT molecular complexity index is 577. The van der Waals surface area contributed by atoms with Crippen molar-refractivity contribution in [1.82, 2.24) is 9.71 Å². The molecule has 2 N–H and O–H groups in total. The van der Waals surface area contributed by atoms with Crippen molar-refractivity contribution in [3.8, 4) is 17.5 Å². The third kappa shape index (κ3) is 1.46. The summed E-state index contributed by atoms with van der Waals surface area (Å²) < 4.78 is 5.59. The van der Waals surface area contributed by atoms with Crippen LogP contribution in [0.5, 0.6) is 0 Å². The minimum atomic E-state index is -0.354. The van der Waals surface area contributed by atoms with Gasteiger partial charge in [0, 0.05) is 0 Å². The first-order valence-corrected chi connectivity index (χ1v) is 4.04. The van der Waals surface area contributed by atoms with Crippen LogP contribution in [0.15, 0.2) is 29.0 Å². The standard InChI is InChI=1S/C9H6N4O2/c10-4-6-9(11)13(14)5-7(12-6)8-2-1-3-15-8/h1-3,5,11,14H. The third-order valence-electron chi connectivity index (χ3n) is 1.81. The van der Waals surface area contributed by atoms with E-state index in [4.69, 9.17) is 15.1 Å². The molecule has 2 heterocycles. The van der Waals surface area contributed by atoms with E-state index in [-0.39, 0.29) is 11.2 Å². The molecule has 6 heteroatoms. The van der Waals surface area contributed by atoms with Gasteiger partial charge in [-0.05, 0) is 12.1 Å². The highest BCUT2D eigenvalue weighted by Crippen LogP contribution is 2.15. The zero-order valence-electron chi connectivity index (χ0n) is 7.51. The lowest BCUT2D eigenvalue weighted by molar-refractivity contribution is 0.169. The summed E-state index contributed by atoms with van der Waals surface area (Å²) in [5, 5.41) is 25.3. The Balaban J connectivity index is 2.67. The Morgan fingerprint density at radius 2 is 2.40 bits per heavy atom.